The van der Waals surface area contributed by atoms with Gasteiger partial charge in [-0.25, -0.2) is 10.0 Å². The molecular weight excluding hydrogens is 318 g/mol. The van der Waals surface area contributed by atoms with E-state index in [-0.39, 0.29) is 11.3 Å². The van der Waals surface area contributed by atoms with Crippen LogP contribution in [0.25, 0.3) is 0 Å². The highest BCUT2D eigenvalue weighted by Gasteiger charge is 2.27. The van der Waals surface area contributed by atoms with Gasteiger partial charge in [-0.3, -0.25) is 20.2 Å². The SMILES string of the molecule is O=C(c1ccccc1O)N1NC(c2ccccn2)=Nc2cnccc21. The van der Waals surface area contributed by atoms with Crippen LogP contribution in [0.2, 0.25) is 0 Å². The van der Waals surface area contributed by atoms with Gasteiger partial charge >= 0.3 is 0 Å². The summed E-state index contributed by atoms with van der Waals surface area (Å²) in [5.41, 5.74) is 4.83. The molecule has 3 heterocycles. The largest absolute Gasteiger partial charge is 0.507 e. The fourth-order valence-electron chi connectivity index (χ4n) is 2.52. The molecule has 1 aromatic carbocycles. The predicted octanol–water partition coefficient (Wildman–Crippen LogP) is 2.43. The summed E-state index contributed by atoms with van der Waals surface area (Å²) in [6, 6.07) is 13.5. The monoisotopic (exact) mass is 331 g/mol. The maximum absolute atomic E-state index is 13.0. The third-order valence-electron chi connectivity index (χ3n) is 3.71. The number of anilines is 1. The van der Waals surface area contributed by atoms with Crippen molar-refractivity contribution in [2.24, 2.45) is 4.99 Å². The number of pyridine rings is 2. The summed E-state index contributed by atoms with van der Waals surface area (Å²) >= 11 is 0. The molecule has 1 amide bonds. The van der Waals surface area contributed by atoms with Gasteiger partial charge in [0.05, 0.1) is 17.4 Å². The number of phenols is 1. The van der Waals surface area contributed by atoms with Crippen LogP contribution >= 0.6 is 0 Å². The molecule has 7 heteroatoms. The zero-order valence-electron chi connectivity index (χ0n) is 13.0. The van der Waals surface area contributed by atoms with E-state index in [4.69, 9.17) is 0 Å². The number of carbonyl (C=O) groups excluding carboxylic acids is 1. The summed E-state index contributed by atoms with van der Waals surface area (Å²) < 4.78 is 0. The van der Waals surface area contributed by atoms with E-state index in [1.807, 2.05) is 6.07 Å². The van der Waals surface area contributed by atoms with Crippen LogP contribution in [-0.2, 0) is 0 Å². The highest BCUT2D eigenvalue weighted by Crippen LogP contribution is 2.32. The Morgan fingerprint density at radius 1 is 1.04 bits per heavy atom. The lowest BCUT2D eigenvalue weighted by atomic mass is 10.1. The number of phenolic OH excluding ortho intramolecular Hbond substituents is 1. The first-order valence-electron chi connectivity index (χ1n) is 7.57. The molecule has 1 aliphatic rings. The highest BCUT2D eigenvalue weighted by molar-refractivity contribution is 6.14. The molecule has 0 bridgehead atoms. The third-order valence-corrected chi connectivity index (χ3v) is 3.71. The van der Waals surface area contributed by atoms with Crippen molar-refractivity contribution in [2.75, 3.05) is 5.01 Å². The number of hydrogen-bond acceptors (Lipinski definition) is 6. The van der Waals surface area contributed by atoms with Crippen molar-refractivity contribution in [1.29, 1.82) is 0 Å². The fraction of sp³-hybridized carbons (Fsp3) is 0. The van der Waals surface area contributed by atoms with E-state index in [0.29, 0.717) is 22.9 Å². The van der Waals surface area contributed by atoms with E-state index in [1.165, 1.54) is 11.1 Å². The Morgan fingerprint density at radius 2 is 1.88 bits per heavy atom. The molecule has 122 valence electrons. The molecule has 4 rings (SSSR count). The average Bonchev–Trinajstić information content (AvgIpc) is 2.67. The summed E-state index contributed by atoms with van der Waals surface area (Å²) in [5, 5.41) is 11.3. The lowest BCUT2D eigenvalue weighted by molar-refractivity contribution is 0.0977. The van der Waals surface area contributed by atoms with E-state index in [0.717, 1.165) is 0 Å². The molecule has 3 aromatic rings. The van der Waals surface area contributed by atoms with Gasteiger partial charge < -0.3 is 5.11 Å². The first kappa shape index (κ1) is 14.8. The van der Waals surface area contributed by atoms with E-state index in [1.54, 1.807) is 55.0 Å². The molecule has 25 heavy (non-hydrogen) atoms. The molecule has 0 unspecified atom stereocenters. The second-order valence-corrected chi connectivity index (χ2v) is 5.31. The van der Waals surface area contributed by atoms with Gasteiger partial charge in [0.25, 0.3) is 5.91 Å². The number of hydrogen-bond donors (Lipinski definition) is 2. The van der Waals surface area contributed by atoms with Crippen molar-refractivity contribution < 1.29 is 9.90 Å². The zero-order valence-corrected chi connectivity index (χ0v) is 13.0. The Bertz CT molecular complexity index is 972. The minimum atomic E-state index is -0.408. The van der Waals surface area contributed by atoms with Crippen molar-refractivity contribution in [1.82, 2.24) is 15.4 Å². The van der Waals surface area contributed by atoms with Gasteiger partial charge in [0.1, 0.15) is 17.1 Å². The number of amidine groups is 1. The van der Waals surface area contributed by atoms with Crippen LogP contribution in [-0.4, -0.2) is 26.8 Å². The van der Waals surface area contributed by atoms with E-state index in [9.17, 15) is 9.90 Å². The molecule has 1 aliphatic heterocycles. The summed E-state index contributed by atoms with van der Waals surface area (Å²) in [5.74, 6) is -0.0782. The van der Waals surface area contributed by atoms with Crippen LogP contribution in [0.3, 0.4) is 0 Å². The number of carbonyl (C=O) groups is 1. The van der Waals surface area contributed by atoms with Crippen LogP contribution in [0.5, 0.6) is 5.75 Å². The standard InChI is InChI=1S/C18H13N5O2/c24-16-7-2-1-5-12(16)18(25)23-15-8-10-19-11-14(15)21-17(22-23)13-6-3-4-9-20-13/h1-11,24H,(H,21,22). The number of amides is 1. The maximum Gasteiger partial charge on any atom is 0.280 e. The predicted molar refractivity (Wildman–Crippen MR) is 92.7 cm³/mol. The van der Waals surface area contributed by atoms with Gasteiger partial charge in [-0.1, -0.05) is 18.2 Å². The minimum absolute atomic E-state index is 0.0909. The van der Waals surface area contributed by atoms with Crippen LogP contribution in [0, 0.1) is 0 Å². The summed E-state index contributed by atoms with van der Waals surface area (Å²) in [7, 11) is 0. The fourth-order valence-corrected chi connectivity index (χ4v) is 2.52. The van der Waals surface area contributed by atoms with Crippen LogP contribution in [0.15, 0.2) is 72.1 Å². The number of nitrogens with zero attached hydrogens (tertiary/aromatic N) is 4. The molecular formula is C18H13N5O2. The molecule has 7 nitrogen and oxygen atoms in total. The number of nitrogens with one attached hydrogen (secondary N) is 1. The number of fused-ring (bicyclic) bond motifs is 1. The Labute approximate surface area is 143 Å². The van der Waals surface area contributed by atoms with E-state index in [2.05, 4.69) is 20.4 Å². The van der Waals surface area contributed by atoms with Crippen LogP contribution in [0.1, 0.15) is 16.1 Å². The van der Waals surface area contributed by atoms with Crippen molar-refractivity contribution in [2.45, 2.75) is 0 Å². The van der Waals surface area contributed by atoms with Crippen LogP contribution < -0.4 is 10.4 Å². The van der Waals surface area contributed by atoms with E-state index >= 15 is 0 Å². The minimum Gasteiger partial charge on any atom is -0.507 e. The molecule has 0 spiro atoms. The Hall–Kier alpha value is -3.74. The quantitative estimate of drug-likeness (QED) is 0.752. The average molecular weight is 331 g/mol. The molecule has 0 fully saturated rings. The number of aromatic hydroxyl groups is 1. The lowest BCUT2D eigenvalue weighted by Crippen LogP contribution is -2.48. The second-order valence-electron chi connectivity index (χ2n) is 5.31. The maximum atomic E-state index is 13.0. The Morgan fingerprint density at radius 3 is 2.68 bits per heavy atom. The Kier molecular flexibility index (Phi) is 3.59. The number of aliphatic imine (C=N–C) groups is 1. The molecule has 0 atom stereocenters. The first-order chi connectivity index (χ1) is 12.2. The lowest BCUT2D eigenvalue weighted by Gasteiger charge is -2.29. The molecule has 2 aromatic heterocycles. The zero-order chi connectivity index (χ0) is 17.2. The second kappa shape index (κ2) is 6.04. The number of para-hydroxylation sites is 1. The summed E-state index contributed by atoms with van der Waals surface area (Å²) in [6.07, 6.45) is 4.80. The number of rotatable bonds is 2. The third kappa shape index (κ3) is 2.67. The van der Waals surface area contributed by atoms with E-state index < -0.39 is 5.91 Å². The van der Waals surface area contributed by atoms with Crippen molar-refractivity contribution in [3.63, 3.8) is 0 Å². The van der Waals surface area contributed by atoms with Crippen LogP contribution in [0.4, 0.5) is 11.4 Å². The number of hydrazine groups is 1. The summed E-state index contributed by atoms with van der Waals surface area (Å²) in [4.78, 5) is 25.8. The molecule has 0 saturated carbocycles. The molecule has 0 radical (unpaired) electrons. The molecule has 0 saturated heterocycles. The molecule has 2 N–H and O–H groups in total. The van der Waals surface area contributed by atoms with Gasteiger partial charge in [0.2, 0.25) is 0 Å². The molecule has 0 aliphatic carbocycles. The number of aromatic nitrogens is 2. The number of benzene rings is 1. The van der Waals surface area contributed by atoms with Crippen molar-refractivity contribution in [3.8, 4) is 5.75 Å². The van der Waals surface area contributed by atoms with Gasteiger partial charge in [-0.05, 0) is 30.3 Å². The Balaban J connectivity index is 1.80. The van der Waals surface area contributed by atoms with Gasteiger partial charge in [-0.15, -0.1) is 0 Å². The van der Waals surface area contributed by atoms with Gasteiger partial charge in [-0.2, -0.15) is 0 Å². The normalized spacial score (nSPS) is 12.8. The van der Waals surface area contributed by atoms with Crippen molar-refractivity contribution >= 4 is 23.1 Å². The highest BCUT2D eigenvalue weighted by atomic mass is 16.3. The topological polar surface area (TPSA) is 90.7 Å². The van der Waals surface area contributed by atoms with Gasteiger partial charge in [0, 0.05) is 12.4 Å². The van der Waals surface area contributed by atoms with Crippen molar-refractivity contribution in [3.05, 3.63) is 78.4 Å². The smallest absolute Gasteiger partial charge is 0.280 e. The van der Waals surface area contributed by atoms with Gasteiger partial charge in [0.15, 0.2) is 5.84 Å². The first-order valence-corrected chi connectivity index (χ1v) is 7.57. The summed E-state index contributed by atoms with van der Waals surface area (Å²) in [6.45, 7) is 0.